The van der Waals surface area contributed by atoms with E-state index in [1.807, 2.05) is 6.07 Å². The number of nitrogens with zero attached hydrogens (tertiary/aromatic N) is 4. The molecule has 1 fully saturated rings. The lowest BCUT2D eigenvalue weighted by molar-refractivity contribution is -0.120. The minimum atomic E-state index is -0.374. The monoisotopic (exact) mass is 404 g/mol. The van der Waals surface area contributed by atoms with Gasteiger partial charge in [0.2, 0.25) is 5.91 Å². The summed E-state index contributed by atoms with van der Waals surface area (Å²) in [7, 11) is 0. The van der Waals surface area contributed by atoms with Gasteiger partial charge >= 0.3 is 0 Å². The van der Waals surface area contributed by atoms with E-state index in [9.17, 15) is 9.18 Å². The molecule has 0 unspecified atom stereocenters. The first kappa shape index (κ1) is 19.6. The van der Waals surface area contributed by atoms with Crippen LogP contribution >= 0.6 is 0 Å². The number of pyridine rings is 1. The fourth-order valence-electron chi connectivity index (χ4n) is 3.65. The molecule has 3 aromatic rings. The zero-order valence-corrected chi connectivity index (χ0v) is 16.3. The van der Waals surface area contributed by atoms with Crippen LogP contribution in [0.25, 0.3) is 5.69 Å². The zero-order chi connectivity index (χ0) is 20.9. The first-order valence-corrected chi connectivity index (χ1v) is 9.86. The summed E-state index contributed by atoms with van der Waals surface area (Å²) in [6.07, 6.45) is 6.38. The molecule has 1 aromatic carbocycles. The molecule has 2 aromatic heterocycles. The number of carbonyl (C=O) groups excluding carboxylic acids is 1. The summed E-state index contributed by atoms with van der Waals surface area (Å²) in [4.78, 5) is 16.9. The van der Waals surface area contributed by atoms with Crippen molar-refractivity contribution in [3.63, 3.8) is 0 Å². The number of carbonyl (C=O) groups is 1. The van der Waals surface area contributed by atoms with Crippen LogP contribution in [0.2, 0.25) is 0 Å². The Hall–Kier alpha value is -3.73. The number of anilines is 2. The molecule has 0 aliphatic heterocycles. The third-order valence-electron chi connectivity index (χ3n) is 5.28. The topological polar surface area (TPSA) is 95.6 Å². The number of hydrogen-bond donors (Lipinski definition) is 2. The highest BCUT2D eigenvalue weighted by molar-refractivity contribution is 5.91. The van der Waals surface area contributed by atoms with E-state index < -0.39 is 0 Å². The molecule has 1 aliphatic carbocycles. The number of amides is 1. The standard InChI is InChI=1S/C22H21FN6O/c23-18-3-1-2-4-19(18)29-12-11-21(28-29)27-22(30)16-6-8-17(9-7-16)26-20-10-5-15(13-24)14-25-20/h1-5,10-12,14,16-17H,6-9H2,(H,25,26)(H,27,28,30)/t16-,17+. The first-order valence-electron chi connectivity index (χ1n) is 9.86. The summed E-state index contributed by atoms with van der Waals surface area (Å²) in [5, 5.41) is 19.3. The highest BCUT2D eigenvalue weighted by Crippen LogP contribution is 2.27. The van der Waals surface area contributed by atoms with Gasteiger partial charge in [0.1, 0.15) is 23.4 Å². The number of para-hydroxylation sites is 1. The molecule has 0 radical (unpaired) electrons. The lowest BCUT2D eigenvalue weighted by Crippen LogP contribution is -2.32. The third-order valence-corrected chi connectivity index (χ3v) is 5.28. The lowest BCUT2D eigenvalue weighted by Gasteiger charge is -2.28. The van der Waals surface area contributed by atoms with Gasteiger partial charge in [-0.15, -0.1) is 5.10 Å². The minimum absolute atomic E-state index is 0.0660. The maximum absolute atomic E-state index is 13.9. The number of aromatic nitrogens is 3. The zero-order valence-electron chi connectivity index (χ0n) is 16.3. The van der Waals surface area contributed by atoms with Crippen molar-refractivity contribution < 1.29 is 9.18 Å². The summed E-state index contributed by atoms with van der Waals surface area (Å²) in [6.45, 7) is 0. The van der Waals surface area contributed by atoms with Crippen LogP contribution in [0.4, 0.5) is 16.0 Å². The molecule has 4 rings (SSSR count). The second-order valence-electron chi connectivity index (χ2n) is 7.32. The van der Waals surface area contributed by atoms with Crippen molar-refractivity contribution in [2.45, 2.75) is 31.7 Å². The fourth-order valence-corrected chi connectivity index (χ4v) is 3.65. The van der Waals surface area contributed by atoms with Gasteiger partial charge in [0, 0.05) is 30.4 Å². The molecular weight excluding hydrogens is 383 g/mol. The largest absolute Gasteiger partial charge is 0.367 e. The third kappa shape index (κ3) is 4.46. The molecule has 7 nitrogen and oxygen atoms in total. The fraction of sp³-hybridized carbons (Fsp3) is 0.273. The van der Waals surface area contributed by atoms with Crippen molar-refractivity contribution in [2.75, 3.05) is 10.6 Å². The van der Waals surface area contributed by atoms with Crippen molar-refractivity contribution in [1.29, 1.82) is 5.26 Å². The van der Waals surface area contributed by atoms with E-state index in [0.717, 1.165) is 31.5 Å². The number of rotatable bonds is 5. The summed E-state index contributed by atoms with van der Waals surface area (Å²) in [5.74, 6) is 0.617. The summed E-state index contributed by atoms with van der Waals surface area (Å²) >= 11 is 0. The summed E-state index contributed by atoms with van der Waals surface area (Å²) in [5.41, 5.74) is 0.861. The maximum Gasteiger partial charge on any atom is 0.228 e. The number of hydrogen-bond acceptors (Lipinski definition) is 5. The average Bonchev–Trinajstić information content (AvgIpc) is 3.23. The molecule has 0 bridgehead atoms. The number of benzene rings is 1. The van der Waals surface area contributed by atoms with Gasteiger partial charge in [-0.2, -0.15) is 5.26 Å². The van der Waals surface area contributed by atoms with Gasteiger partial charge in [0.05, 0.1) is 5.56 Å². The Morgan fingerprint density at radius 3 is 2.60 bits per heavy atom. The van der Waals surface area contributed by atoms with E-state index in [4.69, 9.17) is 5.26 Å². The van der Waals surface area contributed by atoms with Crippen LogP contribution in [0.3, 0.4) is 0 Å². The lowest BCUT2D eigenvalue weighted by atomic mass is 9.85. The molecule has 0 saturated heterocycles. The van der Waals surface area contributed by atoms with Gasteiger partial charge in [-0.25, -0.2) is 14.1 Å². The molecule has 1 saturated carbocycles. The van der Waals surface area contributed by atoms with Gasteiger partial charge < -0.3 is 10.6 Å². The smallest absolute Gasteiger partial charge is 0.228 e. The molecular formula is C22H21FN6O. The Labute approximate surface area is 173 Å². The van der Waals surface area contributed by atoms with Gasteiger partial charge in [0.25, 0.3) is 0 Å². The first-order chi connectivity index (χ1) is 14.6. The van der Waals surface area contributed by atoms with Crippen molar-refractivity contribution in [2.24, 2.45) is 5.92 Å². The number of nitriles is 1. The Balaban J connectivity index is 1.29. The van der Waals surface area contributed by atoms with Gasteiger partial charge in [-0.3, -0.25) is 4.79 Å². The molecule has 8 heteroatoms. The normalized spacial score (nSPS) is 18.4. The summed E-state index contributed by atoms with van der Waals surface area (Å²) < 4.78 is 15.3. The van der Waals surface area contributed by atoms with Crippen molar-refractivity contribution >= 4 is 17.5 Å². The van der Waals surface area contributed by atoms with Crippen LogP contribution < -0.4 is 10.6 Å². The summed E-state index contributed by atoms with van der Waals surface area (Å²) in [6, 6.07) is 13.8. The average molecular weight is 404 g/mol. The van der Waals surface area contributed by atoms with Crippen molar-refractivity contribution in [3.8, 4) is 11.8 Å². The van der Waals surface area contributed by atoms with E-state index in [1.165, 1.54) is 10.7 Å². The van der Waals surface area contributed by atoms with Gasteiger partial charge in [0.15, 0.2) is 5.82 Å². The Kier molecular flexibility index (Phi) is 5.70. The Morgan fingerprint density at radius 2 is 1.90 bits per heavy atom. The van der Waals surface area contributed by atoms with Crippen molar-refractivity contribution in [1.82, 2.24) is 14.8 Å². The van der Waals surface area contributed by atoms with Crippen LogP contribution in [0, 0.1) is 23.1 Å². The van der Waals surface area contributed by atoms with Crippen LogP contribution in [0.5, 0.6) is 0 Å². The van der Waals surface area contributed by atoms with E-state index in [0.29, 0.717) is 17.1 Å². The molecule has 1 aliphatic rings. The molecule has 152 valence electrons. The van der Waals surface area contributed by atoms with E-state index in [-0.39, 0.29) is 23.7 Å². The molecule has 0 spiro atoms. The minimum Gasteiger partial charge on any atom is -0.367 e. The molecule has 2 heterocycles. The number of nitrogens with one attached hydrogen (secondary N) is 2. The second kappa shape index (κ2) is 8.74. The van der Waals surface area contributed by atoms with Crippen LogP contribution in [-0.4, -0.2) is 26.7 Å². The molecule has 0 atom stereocenters. The Bertz CT molecular complexity index is 1060. The van der Waals surface area contributed by atoms with Crippen LogP contribution in [-0.2, 0) is 4.79 Å². The Morgan fingerprint density at radius 1 is 1.10 bits per heavy atom. The van der Waals surface area contributed by atoms with Gasteiger partial charge in [-0.1, -0.05) is 12.1 Å². The van der Waals surface area contributed by atoms with E-state index >= 15 is 0 Å². The molecule has 30 heavy (non-hydrogen) atoms. The quantitative estimate of drug-likeness (QED) is 0.673. The molecule has 1 amide bonds. The van der Waals surface area contributed by atoms with E-state index in [1.54, 1.807) is 48.8 Å². The highest BCUT2D eigenvalue weighted by atomic mass is 19.1. The predicted octanol–water partition coefficient (Wildman–Crippen LogP) is 3.89. The number of halogens is 1. The van der Waals surface area contributed by atoms with Crippen LogP contribution in [0.1, 0.15) is 31.2 Å². The second-order valence-corrected chi connectivity index (χ2v) is 7.32. The maximum atomic E-state index is 13.9. The highest BCUT2D eigenvalue weighted by Gasteiger charge is 2.27. The molecule has 2 N–H and O–H groups in total. The van der Waals surface area contributed by atoms with Crippen LogP contribution in [0.15, 0.2) is 54.9 Å². The van der Waals surface area contributed by atoms with Gasteiger partial charge in [-0.05, 0) is 49.9 Å². The SMILES string of the molecule is N#Cc1ccc(N[C@H]2CC[C@@H](C(=O)Nc3ccn(-c4ccccc4F)n3)CC2)nc1. The van der Waals surface area contributed by atoms with E-state index in [2.05, 4.69) is 20.7 Å². The van der Waals surface area contributed by atoms with Crippen molar-refractivity contribution in [3.05, 3.63) is 66.2 Å². The predicted molar refractivity (Wildman–Crippen MR) is 110 cm³/mol.